The van der Waals surface area contributed by atoms with Crippen LogP contribution in [0.15, 0.2) is 6.20 Å². The normalized spacial score (nSPS) is 9.94. The molecular weight excluding hydrogens is 214 g/mol. The van der Waals surface area contributed by atoms with Crippen LogP contribution in [0.2, 0.25) is 0 Å². The molecule has 0 aliphatic rings. The van der Waals surface area contributed by atoms with Crippen molar-refractivity contribution in [1.29, 1.82) is 0 Å². The molecule has 1 rings (SSSR count). The first kappa shape index (κ1) is 12.1. The number of hydrogen-bond donors (Lipinski definition) is 1. The lowest BCUT2D eigenvalue weighted by Crippen LogP contribution is -2.15. The second-order valence-corrected chi connectivity index (χ2v) is 3.01. The number of rotatable bonds is 3. The molecule has 0 aliphatic heterocycles. The van der Waals surface area contributed by atoms with E-state index in [2.05, 4.69) is 9.47 Å². The van der Waals surface area contributed by atoms with E-state index in [1.165, 1.54) is 25.0 Å². The zero-order valence-corrected chi connectivity index (χ0v) is 9.31. The van der Waals surface area contributed by atoms with Crippen LogP contribution < -0.4 is 0 Å². The van der Waals surface area contributed by atoms with Crippen LogP contribution in [0.5, 0.6) is 5.75 Å². The van der Waals surface area contributed by atoms with Crippen LogP contribution in [0.4, 0.5) is 0 Å². The number of esters is 2. The Morgan fingerprint density at radius 2 is 1.88 bits per heavy atom. The molecule has 0 radical (unpaired) electrons. The van der Waals surface area contributed by atoms with Crippen LogP contribution >= 0.6 is 0 Å². The van der Waals surface area contributed by atoms with Crippen LogP contribution in [0, 0.1) is 0 Å². The minimum atomic E-state index is -0.773. The average molecular weight is 227 g/mol. The number of aromatic hydroxyl groups is 1. The molecule has 1 N–H and O–H groups in total. The maximum Gasteiger partial charge on any atom is 0.355 e. The minimum absolute atomic E-state index is 0.00523. The zero-order valence-electron chi connectivity index (χ0n) is 9.31. The minimum Gasteiger partial charge on any atom is -0.505 e. The van der Waals surface area contributed by atoms with E-state index in [9.17, 15) is 14.7 Å². The van der Waals surface area contributed by atoms with Crippen molar-refractivity contribution >= 4 is 11.9 Å². The molecule has 0 fully saturated rings. The fourth-order valence-electron chi connectivity index (χ4n) is 1.41. The van der Waals surface area contributed by atoms with Gasteiger partial charge in [-0.15, -0.1) is 0 Å². The van der Waals surface area contributed by atoms with E-state index < -0.39 is 11.9 Å². The van der Waals surface area contributed by atoms with Gasteiger partial charge in [-0.2, -0.15) is 0 Å². The highest BCUT2D eigenvalue weighted by molar-refractivity contribution is 6.04. The Bertz CT molecular complexity index is 421. The van der Waals surface area contributed by atoms with E-state index in [1.807, 2.05) is 0 Å². The molecule has 0 amide bonds. The molecule has 0 aromatic carbocycles. The molecule has 0 atom stereocenters. The van der Waals surface area contributed by atoms with Gasteiger partial charge in [0.15, 0.2) is 0 Å². The van der Waals surface area contributed by atoms with Gasteiger partial charge in [0.1, 0.15) is 17.0 Å². The van der Waals surface area contributed by atoms with Crippen molar-refractivity contribution in [1.82, 2.24) is 4.57 Å². The highest BCUT2D eigenvalue weighted by Crippen LogP contribution is 2.25. The number of carbonyl (C=O) groups excluding carboxylic acids is 2. The van der Waals surface area contributed by atoms with Crippen molar-refractivity contribution in [3.05, 3.63) is 17.5 Å². The Balaban J connectivity index is 3.40. The highest BCUT2D eigenvalue weighted by atomic mass is 16.5. The number of aryl methyl sites for hydroxylation is 1. The van der Waals surface area contributed by atoms with E-state index in [-0.39, 0.29) is 17.0 Å². The monoisotopic (exact) mass is 227 g/mol. The molecule has 6 nitrogen and oxygen atoms in total. The van der Waals surface area contributed by atoms with Crippen LogP contribution in [-0.2, 0) is 16.0 Å². The topological polar surface area (TPSA) is 77.8 Å². The molecule has 0 aliphatic carbocycles. The molecule has 1 aromatic heterocycles. The van der Waals surface area contributed by atoms with Gasteiger partial charge in [-0.25, -0.2) is 9.59 Å². The van der Waals surface area contributed by atoms with E-state index in [4.69, 9.17) is 0 Å². The fourth-order valence-corrected chi connectivity index (χ4v) is 1.41. The van der Waals surface area contributed by atoms with Gasteiger partial charge in [-0.1, -0.05) is 0 Å². The van der Waals surface area contributed by atoms with Gasteiger partial charge in [-0.05, 0) is 6.92 Å². The van der Waals surface area contributed by atoms with E-state index in [0.717, 1.165) is 0 Å². The van der Waals surface area contributed by atoms with Crippen LogP contribution in [0.3, 0.4) is 0 Å². The Morgan fingerprint density at radius 1 is 1.31 bits per heavy atom. The van der Waals surface area contributed by atoms with Crippen LogP contribution in [0.1, 0.15) is 27.8 Å². The second kappa shape index (κ2) is 4.69. The first-order chi connectivity index (χ1) is 7.56. The van der Waals surface area contributed by atoms with Gasteiger partial charge < -0.3 is 19.1 Å². The Labute approximate surface area is 92.4 Å². The van der Waals surface area contributed by atoms with Gasteiger partial charge in [0, 0.05) is 12.7 Å². The molecule has 88 valence electrons. The van der Waals surface area contributed by atoms with Crippen molar-refractivity contribution < 1.29 is 24.2 Å². The lowest BCUT2D eigenvalue weighted by molar-refractivity contribution is 0.0545. The summed E-state index contributed by atoms with van der Waals surface area (Å²) in [4.78, 5) is 22.9. The predicted molar refractivity (Wildman–Crippen MR) is 54.4 cm³/mol. The lowest BCUT2D eigenvalue weighted by Gasteiger charge is -2.05. The second-order valence-electron chi connectivity index (χ2n) is 3.01. The quantitative estimate of drug-likeness (QED) is 0.772. The molecule has 0 unspecified atom stereocenters. The first-order valence-corrected chi connectivity index (χ1v) is 4.65. The molecule has 16 heavy (non-hydrogen) atoms. The number of ether oxygens (including phenoxy) is 2. The van der Waals surface area contributed by atoms with Crippen molar-refractivity contribution in [2.45, 2.75) is 13.5 Å². The molecule has 0 saturated heterocycles. The van der Waals surface area contributed by atoms with E-state index >= 15 is 0 Å². The Morgan fingerprint density at radius 3 is 2.31 bits per heavy atom. The van der Waals surface area contributed by atoms with Gasteiger partial charge in [-0.3, -0.25) is 0 Å². The smallest absolute Gasteiger partial charge is 0.355 e. The highest BCUT2D eigenvalue weighted by Gasteiger charge is 2.27. The largest absolute Gasteiger partial charge is 0.505 e. The van der Waals surface area contributed by atoms with Gasteiger partial charge in [0.25, 0.3) is 0 Å². The van der Waals surface area contributed by atoms with Gasteiger partial charge in [0.2, 0.25) is 0 Å². The lowest BCUT2D eigenvalue weighted by atomic mass is 10.2. The third kappa shape index (κ3) is 1.86. The Hall–Kier alpha value is -1.98. The molecular formula is C10H13NO5. The van der Waals surface area contributed by atoms with Crippen molar-refractivity contribution in [3.8, 4) is 5.75 Å². The molecule has 6 heteroatoms. The van der Waals surface area contributed by atoms with Crippen LogP contribution in [-0.4, -0.2) is 35.8 Å². The summed E-state index contributed by atoms with van der Waals surface area (Å²) in [5, 5.41) is 9.56. The first-order valence-electron chi connectivity index (χ1n) is 4.65. The summed E-state index contributed by atoms with van der Waals surface area (Å²) in [7, 11) is 2.37. The summed E-state index contributed by atoms with van der Waals surface area (Å²) in [6, 6.07) is 0. The summed E-state index contributed by atoms with van der Waals surface area (Å²) in [5.74, 6) is -1.76. The maximum atomic E-state index is 11.5. The number of hydrogen-bond acceptors (Lipinski definition) is 5. The SMILES string of the molecule is CCn1cc(O)c(C(=O)OC)c1C(=O)OC. The zero-order chi connectivity index (χ0) is 12.3. The summed E-state index contributed by atoms with van der Waals surface area (Å²) >= 11 is 0. The third-order valence-corrected chi connectivity index (χ3v) is 2.17. The fraction of sp³-hybridized carbons (Fsp3) is 0.400. The number of carbonyl (C=O) groups is 2. The number of methoxy groups -OCH3 is 2. The van der Waals surface area contributed by atoms with E-state index in [1.54, 1.807) is 6.92 Å². The van der Waals surface area contributed by atoms with Crippen LogP contribution in [0.25, 0.3) is 0 Å². The van der Waals surface area contributed by atoms with Crippen molar-refractivity contribution in [2.24, 2.45) is 0 Å². The predicted octanol–water partition coefficient (Wildman–Crippen LogP) is 0.787. The molecule has 1 aromatic rings. The van der Waals surface area contributed by atoms with Crippen molar-refractivity contribution in [2.75, 3.05) is 14.2 Å². The molecule has 0 saturated carbocycles. The molecule has 0 spiro atoms. The van der Waals surface area contributed by atoms with Gasteiger partial charge >= 0.3 is 11.9 Å². The third-order valence-electron chi connectivity index (χ3n) is 2.17. The number of nitrogens with zero attached hydrogens (tertiary/aromatic N) is 1. The summed E-state index contributed by atoms with van der Waals surface area (Å²) in [6.07, 6.45) is 1.29. The summed E-state index contributed by atoms with van der Waals surface area (Å²) < 4.78 is 10.5. The van der Waals surface area contributed by atoms with E-state index in [0.29, 0.717) is 6.54 Å². The Kier molecular flexibility index (Phi) is 3.55. The summed E-state index contributed by atoms with van der Waals surface area (Å²) in [5.41, 5.74) is -0.175. The maximum absolute atomic E-state index is 11.5. The van der Waals surface area contributed by atoms with Crippen molar-refractivity contribution in [3.63, 3.8) is 0 Å². The number of aromatic nitrogens is 1. The average Bonchev–Trinajstić information content (AvgIpc) is 2.64. The van der Waals surface area contributed by atoms with Gasteiger partial charge in [0.05, 0.1) is 14.2 Å². The molecule has 1 heterocycles. The standard InChI is InChI=1S/C10H13NO5/c1-4-11-5-6(12)7(9(13)15-2)8(11)10(14)16-3/h5,12H,4H2,1-3H3. The molecule has 0 bridgehead atoms. The summed E-state index contributed by atoms with van der Waals surface area (Å²) in [6.45, 7) is 2.20.